The molecule has 0 radical (unpaired) electrons. The Balaban J connectivity index is 2.02. The van der Waals surface area contributed by atoms with Crippen molar-refractivity contribution in [3.63, 3.8) is 0 Å². The number of nitro benzene ring substituents is 1. The van der Waals surface area contributed by atoms with Gasteiger partial charge in [0.15, 0.2) is 14.7 Å². The Bertz CT molecular complexity index is 1050. The van der Waals surface area contributed by atoms with Crippen molar-refractivity contribution in [2.24, 2.45) is 0 Å². The highest BCUT2D eigenvalue weighted by Gasteiger charge is 2.27. The summed E-state index contributed by atoms with van der Waals surface area (Å²) in [6.45, 7) is 0. The van der Waals surface area contributed by atoms with E-state index in [1.54, 1.807) is 0 Å². The van der Waals surface area contributed by atoms with Crippen LogP contribution in [0, 0.1) is 10.1 Å². The van der Waals surface area contributed by atoms with Gasteiger partial charge in [-0.15, -0.1) is 0 Å². The first-order chi connectivity index (χ1) is 12.5. The molecule has 0 saturated carbocycles. The average molecular weight is 414 g/mol. The van der Waals surface area contributed by atoms with E-state index in [4.69, 9.17) is 10.3 Å². The summed E-state index contributed by atoms with van der Waals surface area (Å²) in [5, 5.41) is 11.1. The first-order valence-electron chi connectivity index (χ1n) is 7.84. The zero-order valence-corrected chi connectivity index (χ0v) is 15.7. The molecule has 0 saturated heterocycles. The van der Waals surface area contributed by atoms with Gasteiger partial charge in [-0.1, -0.05) is 18.2 Å². The second-order valence-corrected chi connectivity index (χ2v) is 9.32. The standard InChI is InChI=1S/C16H18N2O7S2/c17-14-5-3-6-15(18(19)20)16(14)26(21,22)11-2-1-4-12-7-9-13(10-8-12)27(23,24)25/h3,5-10H,1-2,4,11,17H2,(H,23,24,25). The Labute approximate surface area is 156 Å². The largest absolute Gasteiger partial charge is 0.397 e. The summed E-state index contributed by atoms with van der Waals surface area (Å²) >= 11 is 0. The minimum Gasteiger partial charge on any atom is -0.397 e. The third-order valence-electron chi connectivity index (χ3n) is 3.88. The number of hydrogen-bond acceptors (Lipinski definition) is 7. The van der Waals surface area contributed by atoms with Crippen molar-refractivity contribution in [2.45, 2.75) is 29.1 Å². The van der Waals surface area contributed by atoms with Crippen LogP contribution in [0.1, 0.15) is 18.4 Å². The molecule has 0 atom stereocenters. The van der Waals surface area contributed by atoms with E-state index in [2.05, 4.69) is 0 Å². The maximum Gasteiger partial charge on any atom is 0.294 e. The Hall–Kier alpha value is -2.50. The number of nitrogens with two attached hydrogens (primary N) is 1. The third-order valence-corrected chi connectivity index (χ3v) is 6.64. The molecule has 0 spiro atoms. The number of aryl methyl sites for hydroxylation is 1. The van der Waals surface area contributed by atoms with Crippen LogP contribution in [-0.4, -0.2) is 32.1 Å². The molecule has 0 aliphatic carbocycles. The summed E-state index contributed by atoms with van der Waals surface area (Å²) in [5.74, 6) is -0.300. The van der Waals surface area contributed by atoms with Crippen LogP contribution in [-0.2, 0) is 26.4 Å². The second-order valence-electron chi connectivity index (χ2n) is 5.85. The van der Waals surface area contributed by atoms with Gasteiger partial charge in [-0.2, -0.15) is 8.42 Å². The van der Waals surface area contributed by atoms with E-state index in [1.165, 1.54) is 36.4 Å². The molecule has 146 valence electrons. The average Bonchev–Trinajstić information content (AvgIpc) is 2.58. The quantitative estimate of drug-likeness (QED) is 0.219. The van der Waals surface area contributed by atoms with Crippen molar-refractivity contribution in [3.8, 4) is 0 Å². The van der Waals surface area contributed by atoms with Crippen molar-refractivity contribution in [1.29, 1.82) is 0 Å². The smallest absolute Gasteiger partial charge is 0.294 e. The molecular formula is C16H18N2O7S2. The number of sulfone groups is 1. The number of unbranched alkanes of at least 4 members (excludes halogenated alkanes) is 1. The van der Waals surface area contributed by atoms with Crippen LogP contribution in [0.3, 0.4) is 0 Å². The summed E-state index contributed by atoms with van der Waals surface area (Å²) in [6.07, 6.45) is 1.19. The monoisotopic (exact) mass is 414 g/mol. The van der Waals surface area contributed by atoms with E-state index >= 15 is 0 Å². The molecule has 0 aromatic heterocycles. The Morgan fingerprint density at radius 3 is 2.19 bits per heavy atom. The Morgan fingerprint density at radius 2 is 1.63 bits per heavy atom. The lowest BCUT2D eigenvalue weighted by molar-refractivity contribution is -0.387. The van der Waals surface area contributed by atoms with Gasteiger partial charge in [-0.05, 0) is 43.0 Å². The zero-order chi connectivity index (χ0) is 20.2. The number of nitrogen functional groups attached to an aromatic ring is 1. The molecule has 0 aliphatic heterocycles. The predicted molar refractivity (Wildman–Crippen MR) is 98.8 cm³/mol. The van der Waals surface area contributed by atoms with E-state index in [1.807, 2.05) is 0 Å². The molecule has 3 N–H and O–H groups in total. The van der Waals surface area contributed by atoms with Crippen LogP contribution >= 0.6 is 0 Å². The molecular weight excluding hydrogens is 396 g/mol. The van der Waals surface area contributed by atoms with Crippen LogP contribution in [0.25, 0.3) is 0 Å². The van der Waals surface area contributed by atoms with Crippen molar-refractivity contribution >= 4 is 31.3 Å². The van der Waals surface area contributed by atoms with E-state index in [0.29, 0.717) is 12.8 Å². The molecule has 0 heterocycles. The van der Waals surface area contributed by atoms with Crippen LogP contribution in [0.15, 0.2) is 52.3 Å². The van der Waals surface area contributed by atoms with E-state index < -0.39 is 35.5 Å². The number of anilines is 1. The van der Waals surface area contributed by atoms with E-state index in [-0.39, 0.29) is 22.8 Å². The van der Waals surface area contributed by atoms with Crippen molar-refractivity contribution in [3.05, 3.63) is 58.1 Å². The van der Waals surface area contributed by atoms with Crippen LogP contribution in [0.5, 0.6) is 0 Å². The van der Waals surface area contributed by atoms with Gasteiger partial charge < -0.3 is 5.73 Å². The number of nitro groups is 1. The topological polar surface area (TPSA) is 158 Å². The molecule has 0 amide bonds. The summed E-state index contributed by atoms with van der Waals surface area (Å²) in [6, 6.07) is 9.29. The SMILES string of the molecule is Nc1cccc([N+](=O)[O-])c1S(=O)(=O)CCCCc1ccc(S(=O)(=O)O)cc1. The molecule has 2 rings (SSSR count). The van der Waals surface area contributed by atoms with Gasteiger partial charge in [-0.3, -0.25) is 14.7 Å². The fraction of sp³-hybridized carbons (Fsp3) is 0.250. The first-order valence-corrected chi connectivity index (χ1v) is 10.9. The van der Waals surface area contributed by atoms with Crippen molar-refractivity contribution in [1.82, 2.24) is 0 Å². The van der Waals surface area contributed by atoms with Gasteiger partial charge in [-0.25, -0.2) is 8.42 Å². The number of nitrogens with zero attached hydrogens (tertiary/aromatic N) is 1. The Kier molecular flexibility index (Phi) is 6.19. The molecule has 27 heavy (non-hydrogen) atoms. The molecule has 0 fully saturated rings. The lowest BCUT2D eigenvalue weighted by atomic mass is 10.1. The zero-order valence-electron chi connectivity index (χ0n) is 14.1. The Morgan fingerprint density at radius 1 is 1.00 bits per heavy atom. The fourth-order valence-electron chi connectivity index (χ4n) is 2.58. The van der Waals surface area contributed by atoms with Gasteiger partial charge in [0.1, 0.15) is 0 Å². The van der Waals surface area contributed by atoms with Crippen molar-refractivity contribution < 1.29 is 26.3 Å². The van der Waals surface area contributed by atoms with E-state index in [9.17, 15) is 26.9 Å². The van der Waals surface area contributed by atoms with Crippen molar-refractivity contribution in [2.75, 3.05) is 11.5 Å². The van der Waals surface area contributed by atoms with Gasteiger partial charge in [0.2, 0.25) is 0 Å². The number of hydrogen-bond donors (Lipinski definition) is 2. The highest BCUT2D eigenvalue weighted by Crippen LogP contribution is 2.30. The molecule has 0 aliphatic rings. The lowest BCUT2D eigenvalue weighted by Gasteiger charge is -2.08. The first kappa shape index (κ1) is 20.8. The fourth-order valence-corrected chi connectivity index (χ4v) is 4.73. The maximum atomic E-state index is 12.5. The molecule has 9 nitrogen and oxygen atoms in total. The molecule has 2 aromatic carbocycles. The van der Waals surface area contributed by atoms with Crippen LogP contribution in [0.4, 0.5) is 11.4 Å². The lowest BCUT2D eigenvalue weighted by Crippen LogP contribution is -2.12. The highest BCUT2D eigenvalue weighted by atomic mass is 32.2. The maximum absolute atomic E-state index is 12.5. The minimum atomic E-state index is -4.26. The number of benzene rings is 2. The molecule has 0 bridgehead atoms. The molecule has 0 unspecified atom stereocenters. The number of rotatable bonds is 8. The van der Waals surface area contributed by atoms with Crippen LogP contribution in [0.2, 0.25) is 0 Å². The molecule has 11 heteroatoms. The van der Waals surface area contributed by atoms with Gasteiger partial charge in [0, 0.05) is 6.07 Å². The van der Waals surface area contributed by atoms with Gasteiger partial charge in [0.25, 0.3) is 15.8 Å². The highest BCUT2D eigenvalue weighted by molar-refractivity contribution is 7.91. The molecule has 2 aromatic rings. The van der Waals surface area contributed by atoms with Gasteiger partial charge >= 0.3 is 0 Å². The normalized spacial score (nSPS) is 12.0. The minimum absolute atomic E-state index is 0.162. The van der Waals surface area contributed by atoms with Crippen LogP contribution < -0.4 is 5.73 Å². The summed E-state index contributed by atoms with van der Waals surface area (Å²) in [5.41, 5.74) is 5.70. The van der Waals surface area contributed by atoms with Gasteiger partial charge in [0.05, 0.1) is 21.3 Å². The van der Waals surface area contributed by atoms with E-state index in [0.717, 1.165) is 11.6 Å². The third kappa shape index (κ3) is 5.25. The summed E-state index contributed by atoms with van der Waals surface area (Å²) in [7, 11) is -8.18. The summed E-state index contributed by atoms with van der Waals surface area (Å²) < 4.78 is 55.8. The predicted octanol–water partition coefficient (Wildman–Crippen LogP) is 2.22. The second kappa shape index (κ2) is 8.03. The summed E-state index contributed by atoms with van der Waals surface area (Å²) in [4.78, 5) is 9.59.